The average molecular weight is 261 g/mol. The maximum Gasteiger partial charge on any atom is 0.341 e. The van der Waals surface area contributed by atoms with Crippen molar-refractivity contribution in [1.82, 2.24) is 0 Å². The highest BCUT2D eigenvalue weighted by Gasteiger charge is 2.13. The minimum absolute atomic E-state index is 0.342. The van der Waals surface area contributed by atoms with Crippen molar-refractivity contribution < 1.29 is 14.3 Å². The number of carbonyl (C=O) groups is 1. The number of esters is 1. The predicted octanol–water partition coefficient (Wildman–Crippen LogP) is 3.11. The van der Waals surface area contributed by atoms with Gasteiger partial charge < -0.3 is 9.47 Å². The Labute approximate surface area is 113 Å². The van der Waals surface area contributed by atoms with E-state index in [9.17, 15) is 4.79 Å². The summed E-state index contributed by atoms with van der Waals surface area (Å²) in [6.45, 7) is 2.12. The van der Waals surface area contributed by atoms with Gasteiger partial charge in [-0.2, -0.15) is 5.26 Å². The van der Waals surface area contributed by atoms with E-state index in [1.165, 1.54) is 7.11 Å². The van der Waals surface area contributed by atoms with Crippen LogP contribution < -0.4 is 4.74 Å². The number of rotatable bonds is 7. The van der Waals surface area contributed by atoms with E-state index in [0.29, 0.717) is 24.3 Å². The van der Waals surface area contributed by atoms with Crippen LogP contribution in [0.4, 0.5) is 0 Å². The molecule has 0 saturated carbocycles. The number of unbranched alkanes of at least 4 members (excludes halogenated alkanes) is 2. The molecule has 0 atom stereocenters. The summed E-state index contributed by atoms with van der Waals surface area (Å²) in [7, 11) is 1.53. The van der Waals surface area contributed by atoms with Crippen molar-refractivity contribution in [3.05, 3.63) is 29.3 Å². The molecule has 0 bridgehead atoms. The maximum absolute atomic E-state index is 11.8. The molecule has 1 aromatic rings. The first-order valence-corrected chi connectivity index (χ1v) is 6.44. The lowest BCUT2D eigenvalue weighted by molar-refractivity contribution is 0.0522. The molecule has 0 radical (unpaired) electrons. The summed E-state index contributed by atoms with van der Waals surface area (Å²) in [4.78, 5) is 11.8. The molecule has 0 aliphatic rings. The van der Waals surface area contributed by atoms with Crippen molar-refractivity contribution in [3.63, 3.8) is 0 Å². The fourth-order valence-electron chi connectivity index (χ4n) is 1.81. The summed E-state index contributed by atoms with van der Waals surface area (Å²) in [5.41, 5.74) is 1.52. The van der Waals surface area contributed by atoms with Crippen LogP contribution in [-0.2, 0) is 11.2 Å². The van der Waals surface area contributed by atoms with Gasteiger partial charge in [0, 0.05) is 6.42 Å². The molecule has 1 rings (SSSR count). The van der Waals surface area contributed by atoms with Crippen LogP contribution in [0.2, 0.25) is 0 Å². The second-order valence-corrected chi connectivity index (χ2v) is 4.12. The van der Waals surface area contributed by atoms with E-state index in [4.69, 9.17) is 14.7 Å². The molecule has 19 heavy (non-hydrogen) atoms. The number of carbonyl (C=O) groups excluding carboxylic acids is 1. The van der Waals surface area contributed by atoms with E-state index in [1.807, 2.05) is 12.1 Å². The zero-order valence-electron chi connectivity index (χ0n) is 11.4. The highest BCUT2D eigenvalue weighted by Crippen LogP contribution is 2.22. The van der Waals surface area contributed by atoms with Crippen LogP contribution in [0.1, 0.15) is 42.1 Å². The number of methoxy groups -OCH3 is 1. The van der Waals surface area contributed by atoms with Gasteiger partial charge in [-0.1, -0.05) is 6.07 Å². The van der Waals surface area contributed by atoms with Gasteiger partial charge in [0.25, 0.3) is 0 Å². The Bertz CT molecular complexity index is 463. The summed E-state index contributed by atoms with van der Waals surface area (Å²) in [5, 5.41) is 8.48. The fraction of sp³-hybridized carbons (Fsp3) is 0.467. The molecular formula is C15H19NO3. The standard InChI is InChI=1S/C15H19NO3/c1-3-19-15(17)13-11-12(7-5-4-6-10-16)8-9-14(13)18-2/h8-9,11H,3-7H2,1-2H3. The molecule has 0 saturated heterocycles. The first-order chi connectivity index (χ1) is 9.22. The quantitative estimate of drug-likeness (QED) is 0.559. The Balaban J connectivity index is 2.77. The van der Waals surface area contributed by atoms with Crippen LogP contribution >= 0.6 is 0 Å². The first-order valence-electron chi connectivity index (χ1n) is 6.44. The molecule has 4 heteroatoms. The summed E-state index contributed by atoms with van der Waals surface area (Å²) in [6, 6.07) is 7.66. The third-order valence-electron chi connectivity index (χ3n) is 2.76. The second kappa shape index (κ2) is 8.15. The molecule has 1 aromatic carbocycles. The molecule has 102 valence electrons. The van der Waals surface area contributed by atoms with Gasteiger partial charge in [0.2, 0.25) is 0 Å². The third kappa shape index (κ3) is 4.63. The maximum atomic E-state index is 11.8. The Hall–Kier alpha value is -2.02. The fourth-order valence-corrected chi connectivity index (χ4v) is 1.81. The number of nitriles is 1. The Morgan fingerprint density at radius 2 is 2.16 bits per heavy atom. The van der Waals surface area contributed by atoms with Crippen LogP contribution in [0, 0.1) is 11.3 Å². The molecule has 0 N–H and O–H groups in total. The van der Waals surface area contributed by atoms with E-state index < -0.39 is 0 Å². The van der Waals surface area contributed by atoms with Crippen molar-refractivity contribution in [3.8, 4) is 11.8 Å². The lowest BCUT2D eigenvalue weighted by Crippen LogP contribution is -2.07. The lowest BCUT2D eigenvalue weighted by atomic mass is 10.0. The molecule has 0 spiro atoms. The topological polar surface area (TPSA) is 59.3 Å². The van der Waals surface area contributed by atoms with Crippen LogP contribution in [0.15, 0.2) is 18.2 Å². The van der Waals surface area contributed by atoms with Crippen molar-refractivity contribution in [2.45, 2.75) is 32.6 Å². The molecule has 0 heterocycles. The zero-order chi connectivity index (χ0) is 14.1. The molecular weight excluding hydrogens is 242 g/mol. The van der Waals surface area contributed by atoms with Crippen LogP contribution in [0.25, 0.3) is 0 Å². The molecule has 0 amide bonds. The smallest absolute Gasteiger partial charge is 0.341 e. The Morgan fingerprint density at radius 3 is 2.79 bits per heavy atom. The predicted molar refractivity (Wildman–Crippen MR) is 72.1 cm³/mol. The molecule has 0 aliphatic heterocycles. The highest BCUT2D eigenvalue weighted by molar-refractivity contribution is 5.92. The molecule has 0 aliphatic carbocycles. The summed E-state index contributed by atoms with van der Waals surface area (Å²) in [5.74, 6) is 0.164. The van der Waals surface area contributed by atoms with Gasteiger partial charge >= 0.3 is 5.97 Å². The van der Waals surface area contributed by atoms with Gasteiger partial charge in [0.05, 0.1) is 19.8 Å². The molecule has 0 unspecified atom stereocenters. The highest BCUT2D eigenvalue weighted by atomic mass is 16.5. The average Bonchev–Trinajstić information content (AvgIpc) is 2.43. The minimum Gasteiger partial charge on any atom is -0.496 e. The van der Waals surface area contributed by atoms with E-state index in [2.05, 4.69) is 6.07 Å². The van der Waals surface area contributed by atoms with Gasteiger partial charge in [-0.25, -0.2) is 4.79 Å². The Kier molecular flexibility index (Phi) is 6.45. The SMILES string of the molecule is CCOC(=O)c1cc(CCCCC#N)ccc1OC. The van der Waals surface area contributed by atoms with Gasteiger partial charge in [-0.05, 0) is 43.9 Å². The van der Waals surface area contributed by atoms with E-state index >= 15 is 0 Å². The minimum atomic E-state index is -0.363. The van der Waals surface area contributed by atoms with Crippen molar-refractivity contribution in [1.29, 1.82) is 5.26 Å². The lowest BCUT2D eigenvalue weighted by Gasteiger charge is -2.10. The van der Waals surface area contributed by atoms with Gasteiger partial charge in [0.15, 0.2) is 0 Å². The second-order valence-electron chi connectivity index (χ2n) is 4.12. The van der Waals surface area contributed by atoms with E-state index in [0.717, 1.165) is 24.8 Å². The number of ether oxygens (including phenoxy) is 2. The largest absolute Gasteiger partial charge is 0.496 e. The molecule has 0 fully saturated rings. The summed E-state index contributed by atoms with van der Waals surface area (Å²) < 4.78 is 10.2. The number of nitrogens with zero attached hydrogens (tertiary/aromatic N) is 1. The van der Waals surface area contributed by atoms with Crippen molar-refractivity contribution in [2.24, 2.45) is 0 Å². The molecule has 4 nitrogen and oxygen atoms in total. The Morgan fingerprint density at radius 1 is 1.37 bits per heavy atom. The third-order valence-corrected chi connectivity index (χ3v) is 2.76. The van der Waals surface area contributed by atoms with Gasteiger partial charge in [0.1, 0.15) is 11.3 Å². The van der Waals surface area contributed by atoms with Gasteiger partial charge in [-0.15, -0.1) is 0 Å². The molecule has 0 aromatic heterocycles. The van der Waals surface area contributed by atoms with E-state index in [1.54, 1.807) is 13.0 Å². The number of aryl methyl sites for hydroxylation is 1. The zero-order valence-corrected chi connectivity index (χ0v) is 11.4. The van der Waals surface area contributed by atoms with Crippen molar-refractivity contribution in [2.75, 3.05) is 13.7 Å². The first kappa shape index (κ1) is 15.0. The van der Waals surface area contributed by atoms with Crippen LogP contribution in [0.3, 0.4) is 0 Å². The van der Waals surface area contributed by atoms with Crippen LogP contribution in [0.5, 0.6) is 5.75 Å². The van der Waals surface area contributed by atoms with Crippen molar-refractivity contribution >= 4 is 5.97 Å². The summed E-state index contributed by atoms with van der Waals surface area (Å²) in [6.07, 6.45) is 3.22. The number of hydrogen-bond acceptors (Lipinski definition) is 4. The van der Waals surface area contributed by atoms with Gasteiger partial charge in [-0.3, -0.25) is 0 Å². The normalized spacial score (nSPS) is 9.74. The number of benzene rings is 1. The number of hydrogen-bond donors (Lipinski definition) is 0. The summed E-state index contributed by atoms with van der Waals surface area (Å²) >= 11 is 0. The monoisotopic (exact) mass is 261 g/mol. The van der Waals surface area contributed by atoms with E-state index in [-0.39, 0.29) is 5.97 Å². The van der Waals surface area contributed by atoms with Crippen LogP contribution in [-0.4, -0.2) is 19.7 Å².